The molecule has 106 valence electrons. The molecule has 0 aromatic carbocycles. The Kier molecular flexibility index (Phi) is 4.65. The summed E-state index contributed by atoms with van der Waals surface area (Å²) < 4.78 is 6.33. The summed E-state index contributed by atoms with van der Waals surface area (Å²) in [6, 6.07) is 0. The molecule has 0 amide bonds. The molecule has 0 radical (unpaired) electrons. The SMILES string of the molecule is CC(C)(C)C(Cl)CCCC1CCC2(CCCC2)O1. The molecule has 2 heteroatoms. The second-order valence-electron chi connectivity index (χ2n) is 7.43. The van der Waals surface area contributed by atoms with Gasteiger partial charge in [-0.25, -0.2) is 0 Å². The number of halogens is 1. The van der Waals surface area contributed by atoms with Crippen LogP contribution in [0, 0.1) is 5.41 Å². The van der Waals surface area contributed by atoms with Crippen LogP contribution in [0.25, 0.3) is 0 Å². The van der Waals surface area contributed by atoms with Crippen LogP contribution in [-0.4, -0.2) is 17.1 Å². The van der Waals surface area contributed by atoms with E-state index in [1.165, 1.54) is 51.4 Å². The summed E-state index contributed by atoms with van der Waals surface area (Å²) in [5, 5.41) is 0.291. The van der Waals surface area contributed by atoms with Crippen LogP contribution < -0.4 is 0 Å². The Bertz CT molecular complexity index is 263. The molecule has 0 aromatic rings. The fourth-order valence-electron chi connectivity index (χ4n) is 3.44. The lowest BCUT2D eigenvalue weighted by molar-refractivity contribution is -0.0396. The van der Waals surface area contributed by atoms with Gasteiger partial charge in [-0.1, -0.05) is 33.6 Å². The van der Waals surface area contributed by atoms with Gasteiger partial charge in [0, 0.05) is 5.38 Å². The van der Waals surface area contributed by atoms with Crippen LogP contribution in [0.15, 0.2) is 0 Å². The van der Waals surface area contributed by atoms with Gasteiger partial charge in [-0.3, -0.25) is 0 Å². The van der Waals surface area contributed by atoms with Crippen LogP contribution in [0.4, 0.5) is 0 Å². The fraction of sp³-hybridized carbons (Fsp3) is 1.00. The van der Waals surface area contributed by atoms with Gasteiger partial charge < -0.3 is 4.74 Å². The first-order chi connectivity index (χ1) is 8.41. The molecule has 2 unspecified atom stereocenters. The molecule has 2 aliphatic rings. The molecule has 0 N–H and O–H groups in total. The third-order valence-electron chi connectivity index (χ3n) is 4.78. The van der Waals surface area contributed by atoms with E-state index in [2.05, 4.69) is 20.8 Å². The average Bonchev–Trinajstić information content (AvgIpc) is 2.89. The zero-order valence-electron chi connectivity index (χ0n) is 12.3. The van der Waals surface area contributed by atoms with E-state index >= 15 is 0 Å². The van der Waals surface area contributed by atoms with Crippen molar-refractivity contribution in [2.45, 2.75) is 95.6 Å². The Morgan fingerprint density at radius 2 is 1.89 bits per heavy atom. The Labute approximate surface area is 118 Å². The van der Waals surface area contributed by atoms with Gasteiger partial charge in [0.15, 0.2) is 0 Å². The molecular formula is C16H29ClO. The molecule has 1 saturated heterocycles. The summed E-state index contributed by atoms with van der Waals surface area (Å²) in [6.45, 7) is 6.68. The van der Waals surface area contributed by atoms with E-state index in [9.17, 15) is 0 Å². The van der Waals surface area contributed by atoms with E-state index in [1.54, 1.807) is 0 Å². The Hall–Kier alpha value is 0.250. The minimum atomic E-state index is 0.227. The van der Waals surface area contributed by atoms with Crippen LogP contribution in [0.5, 0.6) is 0 Å². The molecule has 1 heterocycles. The highest BCUT2D eigenvalue weighted by atomic mass is 35.5. The summed E-state index contributed by atoms with van der Waals surface area (Å²) in [5.74, 6) is 0. The summed E-state index contributed by atoms with van der Waals surface area (Å²) in [4.78, 5) is 0. The Morgan fingerprint density at radius 3 is 2.50 bits per heavy atom. The van der Waals surface area contributed by atoms with Gasteiger partial charge in [0.2, 0.25) is 0 Å². The van der Waals surface area contributed by atoms with Gasteiger partial charge in [0.1, 0.15) is 0 Å². The lowest BCUT2D eigenvalue weighted by Crippen LogP contribution is -2.25. The predicted octanol–water partition coefficient (Wildman–Crippen LogP) is 5.30. The highest BCUT2D eigenvalue weighted by Gasteiger charge is 2.41. The van der Waals surface area contributed by atoms with Gasteiger partial charge in [-0.15, -0.1) is 11.6 Å². The van der Waals surface area contributed by atoms with Crippen molar-refractivity contribution >= 4 is 11.6 Å². The molecule has 1 spiro atoms. The van der Waals surface area contributed by atoms with Crippen LogP contribution >= 0.6 is 11.6 Å². The second kappa shape index (κ2) is 5.71. The van der Waals surface area contributed by atoms with Crippen molar-refractivity contribution in [1.29, 1.82) is 0 Å². The Balaban J connectivity index is 1.66. The molecule has 2 atom stereocenters. The van der Waals surface area contributed by atoms with Crippen molar-refractivity contribution in [1.82, 2.24) is 0 Å². The topological polar surface area (TPSA) is 9.23 Å². The summed E-state index contributed by atoms with van der Waals surface area (Å²) in [5.41, 5.74) is 0.528. The molecular weight excluding hydrogens is 244 g/mol. The maximum absolute atomic E-state index is 6.42. The average molecular weight is 273 g/mol. The smallest absolute Gasteiger partial charge is 0.0687 e. The van der Waals surface area contributed by atoms with Gasteiger partial charge in [-0.05, 0) is 50.4 Å². The van der Waals surface area contributed by atoms with Gasteiger partial charge in [-0.2, -0.15) is 0 Å². The zero-order valence-corrected chi connectivity index (χ0v) is 13.1. The first-order valence-corrected chi connectivity index (χ1v) is 8.17. The van der Waals surface area contributed by atoms with Gasteiger partial charge in [0.25, 0.3) is 0 Å². The molecule has 1 nitrogen and oxygen atoms in total. The zero-order chi connectivity index (χ0) is 13.2. The number of ether oxygens (including phenoxy) is 1. The standard InChI is InChI=1S/C16H29ClO/c1-15(2,3)14(17)8-6-7-13-9-12-16(18-13)10-4-5-11-16/h13-14H,4-12H2,1-3H3. The number of rotatable bonds is 4. The van der Waals surface area contributed by atoms with Crippen LogP contribution in [0.3, 0.4) is 0 Å². The quantitative estimate of drug-likeness (QED) is 0.631. The maximum Gasteiger partial charge on any atom is 0.0687 e. The van der Waals surface area contributed by atoms with Crippen LogP contribution in [0.1, 0.15) is 78.6 Å². The second-order valence-corrected chi connectivity index (χ2v) is 7.96. The lowest BCUT2D eigenvalue weighted by atomic mass is 9.88. The van der Waals surface area contributed by atoms with Crippen LogP contribution in [0.2, 0.25) is 0 Å². The molecule has 18 heavy (non-hydrogen) atoms. The molecule has 1 aliphatic heterocycles. The van der Waals surface area contributed by atoms with E-state index < -0.39 is 0 Å². The first kappa shape index (κ1) is 14.7. The van der Waals surface area contributed by atoms with Crippen molar-refractivity contribution < 1.29 is 4.74 Å². The maximum atomic E-state index is 6.42. The summed E-state index contributed by atoms with van der Waals surface area (Å²) in [6.07, 6.45) is 12.0. The molecule has 1 saturated carbocycles. The van der Waals surface area contributed by atoms with Crippen molar-refractivity contribution in [3.8, 4) is 0 Å². The molecule has 0 aromatic heterocycles. The predicted molar refractivity (Wildman–Crippen MR) is 78.3 cm³/mol. The summed E-state index contributed by atoms with van der Waals surface area (Å²) in [7, 11) is 0. The largest absolute Gasteiger partial charge is 0.372 e. The van der Waals surface area contributed by atoms with Gasteiger partial charge >= 0.3 is 0 Å². The van der Waals surface area contributed by atoms with Crippen molar-refractivity contribution in [2.75, 3.05) is 0 Å². The highest BCUT2D eigenvalue weighted by molar-refractivity contribution is 6.21. The van der Waals surface area contributed by atoms with Gasteiger partial charge in [0.05, 0.1) is 11.7 Å². The number of alkyl halides is 1. The summed E-state index contributed by atoms with van der Waals surface area (Å²) >= 11 is 6.42. The highest BCUT2D eigenvalue weighted by Crippen LogP contribution is 2.44. The number of hydrogen-bond donors (Lipinski definition) is 0. The van der Waals surface area contributed by atoms with Crippen molar-refractivity contribution in [2.24, 2.45) is 5.41 Å². The third kappa shape index (κ3) is 3.63. The molecule has 2 rings (SSSR count). The molecule has 1 aliphatic carbocycles. The molecule has 2 fully saturated rings. The van der Waals surface area contributed by atoms with E-state index in [4.69, 9.17) is 16.3 Å². The fourth-order valence-corrected chi connectivity index (χ4v) is 3.60. The van der Waals surface area contributed by atoms with Crippen LogP contribution in [-0.2, 0) is 4.74 Å². The normalized spacial score (nSPS) is 29.0. The Morgan fingerprint density at radius 1 is 1.22 bits per heavy atom. The third-order valence-corrected chi connectivity index (χ3v) is 5.65. The minimum Gasteiger partial charge on any atom is -0.372 e. The number of hydrogen-bond acceptors (Lipinski definition) is 1. The van der Waals surface area contributed by atoms with E-state index in [0.29, 0.717) is 17.1 Å². The van der Waals surface area contributed by atoms with Crippen molar-refractivity contribution in [3.05, 3.63) is 0 Å². The lowest BCUT2D eigenvalue weighted by Gasteiger charge is -2.26. The molecule has 0 bridgehead atoms. The monoisotopic (exact) mass is 272 g/mol. The van der Waals surface area contributed by atoms with E-state index in [0.717, 1.165) is 6.42 Å². The van der Waals surface area contributed by atoms with E-state index in [-0.39, 0.29) is 5.41 Å². The van der Waals surface area contributed by atoms with E-state index in [1.807, 2.05) is 0 Å². The van der Waals surface area contributed by atoms with Crippen molar-refractivity contribution in [3.63, 3.8) is 0 Å². The minimum absolute atomic E-state index is 0.227. The first-order valence-electron chi connectivity index (χ1n) is 7.73.